The molecule has 0 fully saturated rings. The molecule has 1 rings (SSSR count). The Bertz CT molecular complexity index is 469. The van der Waals surface area contributed by atoms with Gasteiger partial charge in [0, 0.05) is 17.8 Å². The van der Waals surface area contributed by atoms with E-state index in [0.29, 0.717) is 4.47 Å². The maximum Gasteiger partial charge on any atom is 0.334 e. The first-order valence-corrected chi connectivity index (χ1v) is 5.97. The van der Waals surface area contributed by atoms with Gasteiger partial charge in [0.05, 0.1) is 12.1 Å². The number of ether oxygens (including phenoxy) is 1. The van der Waals surface area contributed by atoms with E-state index in [1.165, 1.54) is 19.4 Å². The van der Waals surface area contributed by atoms with Crippen LogP contribution in [0.15, 0.2) is 16.7 Å². The van der Waals surface area contributed by atoms with Crippen molar-refractivity contribution in [3.63, 3.8) is 0 Å². The molecule has 18 heavy (non-hydrogen) atoms. The molecule has 8 heteroatoms. The van der Waals surface area contributed by atoms with Gasteiger partial charge in [0.15, 0.2) is 6.10 Å². The van der Waals surface area contributed by atoms with Crippen LogP contribution in [-0.2, 0) is 9.53 Å². The number of nitrogens with zero attached hydrogens (tertiary/aromatic N) is 1. The fourth-order valence-electron chi connectivity index (χ4n) is 1.13. The van der Waals surface area contributed by atoms with E-state index < -0.39 is 18.0 Å². The van der Waals surface area contributed by atoms with Crippen LogP contribution in [0.1, 0.15) is 10.4 Å². The first kappa shape index (κ1) is 14.9. The molecule has 6 nitrogen and oxygen atoms in total. The minimum Gasteiger partial charge on any atom is -0.479 e. The quantitative estimate of drug-likeness (QED) is 0.791. The van der Waals surface area contributed by atoms with E-state index in [0.717, 1.165) is 0 Å². The Kier molecular flexibility index (Phi) is 5.52. The number of carbonyl (C=O) groups excluding carboxylic acids is 1. The molecule has 0 bridgehead atoms. The van der Waals surface area contributed by atoms with Gasteiger partial charge in [0.1, 0.15) is 5.15 Å². The zero-order chi connectivity index (χ0) is 13.7. The van der Waals surface area contributed by atoms with Crippen molar-refractivity contribution in [2.45, 2.75) is 6.10 Å². The van der Waals surface area contributed by atoms with Crippen molar-refractivity contribution in [3.8, 4) is 0 Å². The molecule has 0 aromatic carbocycles. The van der Waals surface area contributed by atoms with Crippen molar-refractivity contribution in [2.75, 3.05) is 13.7 Å². The van der Waals surface area contributed by atoms with E-state index in [2.05, 4.69) is 31.0 Å². The highest BCUT2D eigenvalue weighted by atomic mass is 79.9. The summed E-state index contributed by atoms with van der Waals surface area (Å²) in [7, 11) is 1.25. The minimum atomic E-state index is -1.16. The third-order valence-corrected chi connectivity index (χ3v) is 2.79. The van der Waals surface area contributed by atoms with Crippen LogP contribution in [0.2, 0.25) is 5.15 Å². The number of carbonyl (C=O) groups is 2. The van der Waals surface area contributed by atoms with E-state index in [4.69, 9.17) is 16.7 Å². The summed E-state index contributed by atoms with van der Waals surface area (Å²) in [6.45, 7) is -0.159. The molecule has 1 heterocycles. The number of nitrogens with one attached hydrogen (secondary N) is 1. The first-order valence-electron chi connectivity index (χ1n) is 4.80. The largest absolute Gasteiger partial charge is 0.479 e. The van der Waals surface area contributed by atoms with Crippen LogP contribution in [0.3, 0.4) is 0 Å². The number of pyridine rings is 1. The summed E-state index contributed by atoms with van der Waals surface area (Å²) in [4.78, 5) is 26.2. The zero-order valence-electron chi connectivity index (χ0n) is 9.31. The minimum absolute atomic E-state index is 0.0417. The molecule has 1 atom stereocenters. The molecule has 0 saturated heterocycles. The molecular weight excluding hydrogens is 327 g/mol. The highest BCUT2D eigenvalue weighted by Gasteiger charge is 2.19. The van der Waals surface area contributed by atoms with Crippen molar-refractivity contribution >= 4 is 39.4 Å². The topological polar surface area (TPSA) is 88.5 Å². The lowest BCUT2D eigenvalue weighted by molar-refractivity contribution is -0.147. The third-order valence-electron chi connectivity index (χ3n) is 2.06. The van der Waals surface area contributed by atoms with E-state index in [1.54, 1.807) is 0 Å². The second kappa shape index (κ2) is 6.67. The van der Waals surface area contributed by atoms with Crippen LogP contribution in [0.4, 0.5) is 0 Å². The van der Waals surface area contributed by atoms with Crippen molar-refractivity contribution < 1.29 is 19.4 Å². The van der Waals surface area contributed by atoms with Gasteiger partial charge in [0.25, 0.3) is 5.91 Å². The number of hydrogen-bond donors (Lipinski definition) is 2. The fourth-order valence-corrected chi connectivity index (χ4v) is 1.65. The first-order chi connectivity index (χ1) is 8.45. The molecule has 0 aliphatic rings. The number of halogens is 2. The monoisotopic (exact) mass is 336 g/mol. The molecule has 1 unspecified atom stereocenters. The van der Waals surface area contributed by atoms with Gasteiger partial charge in [-0.25, -0.2) is 9.78 Å². The summed E-state index contributed by atoms with van der Waals surface area (Å²) in [5, 5.41) is 11.2. The van der Waals surface area contributed by atoms with Gasteiger partial charge in [-0.15, -0.1) is 0 Å². The molecule has 0 aliphatic carbocycles. The number of amides is 1. The van der Waals surface area contributed by atoms with Gasteiger partial charge >= 0.3 is 5.97 Å². The van der Waals surface area contributed by atoms with Crippen LogP contribution in [0.5, 0.6) is 0 Å². The predicted octanol–water partition coefficient (Wildman–Crippen LogP) is 1.33. The van der Waals surface area contributed by atoms with Crippen molar-refractivity contribution in [1.82, 2.24) is 10.3 Å². The number of hydrogen-bond acceptors (Lipinski definition) is 4. The molecular formula is C10H10BrClN2O4. The van der Waals surface area contributed by atoms with Gasteiger partial charge in [0.2, 0.25) is 0 Å². The molecule has 1 aromatic heterocycles. The Labute approximate surface area is 116 Å². The van der Waals surface area contributed by atoms with Crippen LogP contribution in [0.25, 0.3) is 0 Å². The average Bonchev–Trinajstić information content (AvgIpc) is 2.32. The van der Waals surface area contributed by atoms with Crippen LogP contribution in [0, 0.1) is 0 Å². The van der Waals surface area contributed by atoms with Crippen molar-refractivity contribution in [3.05, 3.63) is 27.5 Å². The van der Waals surface area contributed by atoms with Gasteiger partial charge in [-0.3, -0.25) is 4.79 Å². The lowest BCUT2D eigenvalue weighted by Crippen LogP contribution is -2.38. The second-order valence-electron chi connectivity index (χ2n) is 3.26. The highest BCUT2D eigenvalue weighted by Crippen LogP contribution is 2.17. The number of rotatable bonds is 5. The fraction of sp³-hybridized carbons (Fsp3) is 0.300. The molecule has 0 aliphatic heterocycles. The third kappa shape index (κ3) is 3.94. The normalized spacial score (nSPS) is 11.9. The number of carboxylic acids is 1. The summed E-state index contributed by atoms with van der Waals surface area (Å²) in [6, 6.07) is 1.49. The predicted molar refractivity (Wildman–Crippen MR) is 67.7 cm³/mol. The number of methoxy groups -OCH3 is 1. The van der Waals surface area contributed by atoms with Crippen LogP contribution >= 0.6 is 27.5 Å². The van der Waals surface area contributed by atoms with Crippen LogP contribution < -0.4 is 5.32 Å². The maximum absolute atomic E-state index is 11.8. The standard InChI is InChI=1S/C10H10BrClN2O4/c1-18-7(10(16)17)4-14-9(15)6-2-5(11)3-13-8(6)12/h2-3,7H,4H2,1H3,(H,14,15)(H,16,17). The second-order valence-corrected chi connectivity index (χ2v) is 4.54. The molecule has 2 N–H and O–H groups in total. The Morgan fingerprint density at radius 1 is 1.67 bits per heavy atom. The summed E-state index contributed by atoms with van der Waals surface area (Å²) < 4.78 is 5.28. The molecule has 1 aromatic rings. The summed E-state index contributed by atoms with van der Waals surface area (Å²) in [6.07, 6.45) is 0.349. The Morgan fingerprint density at radius 3 is 2.89 bits per heavy atom. The highest BCUT2D eigenvalue weighted by molar-refractivity contribution is 9.10. The molecule has 0 spiro atoms. The zero-order valence-corrected chi connectivity index (χ0v) is 11.7. The smallest absolute Gasteiger partial charge is 0.334 e. The Hall–Kier alpha value is -1.18. The molecule has 1 amide bonds. The number of carboxylic acid groups (broad SMARTS) is 1. The van der Waals surface area contributed by atoms with Crippen molar-refractivity contribution in [2.24, 2.45) is 0 Å². The summed E-state index contributed by atoms with van der Waals surface area (Å²) in [5.74, 6) is -1.67. The van der Waals surface area contributed by atoms with E-state index >= 15 is 0 Å². The lowest BCUT2D eigenvalue weighted by Gasteiger charge is -2.11. The van der Waals surface area contributed by atoms with Crippen LogP contribution in [-0.4, -0.2) is 41.7 Å². The van der Waals surface area contributed by atoms with Gasteiger partial charge in [-0.2, -0.15) is 0 Å². The van der Waals surface area contributed by atoms with Gasteiger partial charge in [-0.1, -0.05) is 11.6 Å². The Balaban J connectivity index is 2.71. The number of aromatic nitrogens is 1. The van der Waals surface area contributed by atoms with Gasteiger partial charge < -0.3 is 15.2 Å². The van der Waals surface area contributed by atoms with Crippen molar-refractivity contribution in [1.29, 1.82) is 0 Å². The van der Waals surface area contributed by atoms with E-state index in [-0.39, 0.29) is 17.3 Å². The molecule has 0 saturated carbocycles. The van der Waals surface area contributed by atoms with Gasteiger partial charge in [-0.05, 0) is 22.0 Å². The SMILES string of the molecule is COC(CNC(=O)c1cc(Br)cnc1Cl)C(=O)O. The van der Waals surface area contributed by atoms with E-state index in [1.807, 2.05) is 0 Å². The van der Waals surface area contributed by atoms with E-state index in [9.17, 15) is 9.59 Å². The summed E-state index contributed by atoms with van der Waals surface area (Å²) >= 11 is 8.92. The average molecular weight is 338 g/mol. The maximum atomic E-state index is 11.8. The molecule has 98 valence electrons. The lowest BCUT2D eigenvalue weighted by atomic mass is 10.2. The molecule has 0 radical (unpaired) electrons. The number of aliphatic carboxylic acids is 1. The Morgan fingerprint density at radius 2 is 2.33 bits per heavy atom. The summed E-state index contributed by atoms with van der Waals surface area (Å²) in [5.41, 5.74) is 0.159.